The Morgan fingerprint density at radius 3 is 2.32 bits per heavy atom. The largest absolute Gasteiger partial charge is 0.365 e. The van der Waals surface area contributed by atoms with Crippen LogP contribution in [-0.2, 0) is 0 Å². The van der Waals surface area contributed by atoms with E-state index in [0.29, 0.717) is 23.1 Å². The quantitative estimate of drug-likeness (QED) is 0.417. The van der Waals surface area contributed by atoms with Crippen LogP contribution in [-0.4, -0.2) is 39.1 Å². The molecule has 0 amide bonds. The topological polar surface area (TPSA) is 89.5 Å². The van der Waals surface area contributed by atoms with E-state index in [1.54, 1.807) is 18.3 Å². The second kappa shape index (κ2) is 8.36. The van der Waals surface area contributed by atoms with E-state index >= 15 is 0 Å². The SMILES string of the molecule is CC(C)CN(CC(C)C)c1ccc(C=Nn2cnnc2)cc1[N+](=O)[O-]. The van der Waals surface area contributed by atoms with E-state index in [2.05, 4.69) is 47.9 Å². The number of benzene rings is 1. The molecule has 25 heavy (non-hydrogen) atoms. The molecule has 8 nitrogen and oxygen atoms in total. The highest BCUT2D eigenvalue weighted by molar-refractivity contribution is 5.83. The minimum absolute atomic E-state index is 0.0917. The average Bonchev–Trinajstić information content (AvgIpc) is 3.04. The fourth-order valence-electron chi connectivity index (χ4n) is 2.58. The van der Waals surface area contributed by atoms with E-state index < -0.39 is 0 Å². The van der Waals surface area contributed by atoms with Gasteiger partial charge in [-0.2, -0.15) is 5.10 Å². The third kappa shape index (κ3) is 5.37. The smallest absolute Gasteiger partial charge is 0.293 e. The van der Waals surface area contributed by atoms with Crippen molar-refractivity contribution in [3.63, 3.8) is 0 Å². The number of nitrogens with zero attached hydrogens (tertiary/aromatic N) is 6. The van der Waals surface area contributed by atoms with Crippen molar-refractivity contribution in [3.05, 3.63) is 46.5 Å². The molecule has 0 aliphatic rings. The van der Waals surface area contributed by atoms with Crippen LogP contribution in [0.1, 0.15) is 33.3 Å². The van der Waals surface area contributed by atoms with Crippen LogP contribution in [0.15, 0.2) is 36.0 Å². The van der Waals surface area contributed by atoms with Gasteiger partial charge in [-0.15, -0.1) is 10.2 Å². The third-order valence-electron chi connectivity index (χ3n) is 3.45. The first-order valence-electron chi connectivity index (χ1n) is 8.29. The first-order chi connectivity index (χ1) is 11.9. The Balaban J connectivity index is 2.35. The summed E-state index contributed by atoms with van der Waals surface area (Å²) in [4.78, 5) is 13.3. The van der Waals surface area contributed by atoms with E-state index in [9.17, 15) is 10.1 Å². The molecule has 1 heterocycles. The molecule has 2 aromatic rings. The molecule has 0 bridgehead atoms. The van der Waals surface area contributed by atoms with Crippen molar-refractivity contribution in [2.75, 3.05) is 18.0 Å². The van der Waals surface area contributed by atoms with Gasteiger partial charge in [0.2, 0.25) is 0 Å². The number of anilines is 1. The van der Waals surface area contributed by atoms with E-state index in [-0.39, 0.29) is 10.6 Å². The molecule has 0 saturated carbocycles. The van der Waals surface area contributed by atoms with Crippen LogP contribution < -0.4 is 4.90 Å². The Hall–Kier alpha value is -2.77. The zero-order valence-electron chi connectivity index (χ0n) is 15.0. The lowest BCUT2D eigenvalue weighted by Crippen LogP contribution is -2.31. The minimum Gasteiger partial charge on any atom is -0.365 e. The molecule has 0 aliphatic heterocycles. The number of nitro benzene ring substituents is 1. The monoisotopic (exact) mass is 344 g/mol. The fourth-order valence-corrected chi connectivity index (χ4v) is 2.58. The summed E-state index contributed by atoms with van der Waals surface area (Å²) in [5.74, 6) is 0.821. The molecule has 0 spiro atoms. The number of nitro groups is 1. The van der Waals surface area contributed by atoms with E-state index in [1.165, 1.54) is 17.3 Å². The van der Waals surface area contributed by atoms with Gasteiger partial charge in [-0.1, -0.05) is 33.8 Å². The first-order valence-corrected chi connectivity index (χ1v) is 8.29. The number of rotatable bonds is 8. The van der Waals surface area contributed by atoms with Crippen molar-refractivity contribution in [2.45, 2.75) is 27.7 Å². The maximum Gasteiger partial charge on any atom is 0.293 e. The summed E-state index contributed by atoms with van der Waals surface area (Å²) >= 11 is 0. The summed E-state index contributed by atoms with van der Waals surface area (Å²) < 4.78 is 1.43. The Bertz CT molecular complexity index is 715. The Morgan fingerprint density at radius 2 is 1.80 bits per heavy atom. The number of hydrogen-bond acceptors (Lipinski definition) is 6. The summed E-state index contributed by atoms with van der Waals surface area (Å²) in [6, 6.07) is 5.19. The molecular weight excluding hydrogens is 320 g/mol. The van der Waals surface area contributed by atoms with Crippen LogP contribution in [0.25, 0.3) is 0 Å². The van der Waals surface area contributed by atoms with Crippen LogP contribution >= 0.6 is 0 Å². The normalized spacial score (nSPS) is 11.6. The summed E-state index contributed by atoms with van der Waals surface area (Å²) in [7, 11) is 0. The van der Waals surface area contributed by atoms with Crippen molar-refractivity contribution in [2.24, 2.45) is 16.9 Å². The van der Waals surface area contributed by atoms with Gasteiger partial charge in [0.15, 0.2) is 0 Å². The van der Waals surface area contributed by atoms with Gasteiger partial charge in [-0.05, 0) is 17.9 Å². The van der Waals surface area contributed by atoms with Crippen LogP contribution in [0, 0.1) is 22.0 Å². The molecule has 0 unspecified atom stereocenters. The predicted octanol–water partition coefficient (Wildman–Crippen LogP) is 3.19. The van der Waals surface area contributed by atoms with Crippen molar-refractivity contribution in [1.82, 2.24) is 14.9 Å². The van der Waals surface area contributed by atoms with E-state index in [1.807, 2.05) is 6.07 Å². The molecule has 0 N–H and O–H groups in total. The molecule has 1 aromatic carbocycles. The molecular formula is C17H24N6O2. The molecule has 2 rings (SSSR count). The average molecular weight is 344 g/mol. The summed E-state index contributed by atoms with van der Waals surface area (Å²) in [5.41, 5.74) is 1.39. The van der Waals surface area contributed by atoms with Gasteiger partial charge < -0.3 is 4.90 Å². The Morgan fingerprint density at radius 1 is 1.20 bits per heavy atom. The highest BCUT2D eigenvalue weighted by Gasteiger charge is 2.21. The molecule has 0 fully saturated rings. The molecule has 1 aromatic heterocycles. The minimum atomic E-state index is -0.334. The fraction of sp³-hybridized carbons (Fsp3) is 0.471. The summed E-state index contributed by atoms with van der Waals surface area (Å²) in [6.07, 6.45) is 4.45. The van der Waals surface area contributed by atoms with Gasteiger partial charge in [0.05, 0.1) is 11.1 Å². The van der Waals surface area contributed by atoms with E-state index in [0.717, 1.165) is 13.1 Å². The number of hydrogen-bond donors (Lipinski definition) is 0. The molecule has 0 radical (unpaired) electrons. The van der Waals surface area contributed by atoms with Crippen LogP contribution in [0.2, 0.25) is 0 Å². The molecule has 0 aliphatic carbocycles. The lowest BCUT2D eigenvalue weighted by Gasteiger charge is -2.28. The van der Waals surface area contributed by atoms with Crippen molar-refractivity contribution < 1.29 is 4.92 Å². The Labute approximate surface area is 147 Å². The van der Waals surface area contributed by atoms with Crippen molar-refractivity contribution in [1.29, 1.82) is 0 Å². The van der Waals surface area contributed by atoms with Crippen LogP contribution in [0.4, 0.5) is 11.4 Å². The lowest BCUT2D eigenvalue weighted by atomic mass is 10.1. The summed E-state index contributed by atoms with van der Waals surface area (Å²) in [5, 5.41) is 23.0. The number of aromatic nitrogens is 3. The second-order valence-electron chi connectivity index (χ2n) is 6.78. The maximum atomic E-state index is 11.6. The van der Waals surface area contributed by atoms with Gasteiger partial charge >= 0.3 is 0 Å². The van der Waals surface area contributed by atoms with Crippen molar-refractivity contribution >= 4 is 17.6 Å². The second-order valence-corrected chi connectivity index (χ2v) is 6.78. The van der Waals surface area contributed by atoms with Gasteiger partial charge in [-0.3, -0.25) is 10.1 Å². The van der Waals surface area contributed by atoms with Crippen LogP contribution in [0.3, 0.4) is 0 Å². The Kier molecular flexibility index (Phi) is 6.21. The third-order valence-corrected chi connectivity index (χ3v) is 3.45. The first kappa shape index (κ1) is 18.6. The van der Waals surface area contributed by atoms with Gasteiger partial charge in [0, 0.05) is 24.7 Å². The molecule has 134 valence electrons. The summed E-state index contributed by atoms with van der Waals surface area (Å²) in [6.45, 7) is 9.98. The zero-order valence-corrected chi connectivity index (χ0v) is 15.0. The molecule has 0 atom stereocenters. The highest BCUT2D eigenvalue weighted by atomic mass is 16.6. The van der Waals surface area contributed by atoms with Gasteiger partial charge in [0.25, 0.3) is 5.69 Å². The van der Waals surface area contributed by atoms with Crippen molar-refractivity contribution in [3.8, 4) is 0 Å². The molecule has 8 heteroatoms. The lowest BCUT2D eigenvalue weighted by molar-refractivity contribution is -0.384. The van der Waals surface area contributed by atoms with Crippen LogP contribution in [0.5, 0.6) is 0 Å². The molecule has 0 saturated heterocycles. The zero-order chi connectivity index (χ0) is 18.4. The highest BCUT2D eigenvalue weighted by Crippen LogP contribution is 2.30. The van der Waals surface area contributed by atoms with Gasteiger partial charge in [0.1, 0.15) is 18.3 Å². The standard InChI is InChI=1S/C17H24N6O2/c1-13(2)9-21(10-14(3)4)16-6-5-15(7-17(16)23(24)25)8-20-22-11-18-19-12-22/h5-8,11-14H,9-10H2,1-4H3. The maximum absolute atomic E-state index is 11.6. The van der Waals surface area contributed by atoms with Gasteiger partial charge in [-0.25, -0.2) is 4.68 Å². The predicted molar refractivity (Wildman–Crippen MR) is 98.0 cm³/mol. The van der Waals surface area contributed by atoms with E-state index in [4.69, 9.17) is 0 Å².